The molecule has 0 unspecified atom stereocenters. The molecule has 0 aliphatic carbocycles. The zero-order valence-electron chi connectivity index (χ0n) is 12.9. The van der Waals surface area contributed by atoms with Crippen molar-refractivity contribution in [1.82, 2.24) is 10.2 Å². The summed E-state index contributed by atoms with van der Waals surface area (Å²) in [5, 5.41) is 3.59. The maximum Gasteiger partial charge on any atom is 0.0716 e. The Morgan fingerprint density at radius 2 is 1.90 bits per heavy atom. The van der Waals surface area contributed by atoms with Crippen LogP contribution in [-0.4, -0.2) is 38.7 Å². The highest BCUT2D eigenvalue weighted by atomic mass is 16.5. The number of hydrogen-bond acceptors (Lipinski definition) is 3. The van der Waals surface area contributed by atoms with Crippen LogP contribution in [-0.2, 0) is 17.9 Å². The molecule has 2 rings (SSSR count). The second-order valence-corrected chi connectivity index (χ2v) is 5.91. The molecular formula is C17H28N2O. The molecule has 3 nitrogen and oxygen atoms in total. The van der Waals surface area contributed by atoms with Crippen LogP contribution in [0.15, 0.2) is 24.3 Å². The van der Waals surface area contributed by atoms with Gasteiger partial charge >= 0.3 is 0 Å². The monoisotopic (exact) mass is 276 g/mol. The molecule has 20 heavy (non-hydrogen) atoms. The van der Waals surface area contributed by atoms with Crippen molar-refractivity contribution in [3.63, 3.8) is 0 Å². The van der Waals surface area contributed by atoms with E-state index in [1.165, 1.54) is 43.5 Å². The summed E-state index contributed by atoms with van der Waals surface area (Å²) in [4.78, 5) is 2.44. The fourth-order valence-corrected chi connectivity index (χ4v) is 2.91. The Morgan fingerprint density at radius 3 is 2.60 bits per heavy atom. The molecule has 1 fully saturated rings. The minimum Gasteiger partial charge on any atom is -0.380 e. The number of nitrogens with one attached hydrogen (secondary N) is 1. The van der Waals surface area contributed by atoms with E-state index >= 15 is 0 Å². The van der Waals surface area contributed by atoms with E-state index in [9.17, 15) is 0 Å². The number of ether oxygens (including phenoxy) is 1. The Balaban J connectivity index is 1.68. The van der Waals surface area contributed by atoms with Crippen LogP contribution >= 0.6 is 0 Å². The van der Waals surface area contributed by atoms with Gasteiger partial charge in [-0.25, -0.2) is 0 Å². The lowest BCUT2D eigenvalue weighted by atomic mass is 9.94. The second-order valence-electron chi connectivity index (χ2n) is 5.91. The van der Waals surface area contributed by atoms with Crippen LogP contribution in [0.1, 0.15) is 30.4 Å². The number of likely N-dealkylation sites (tertiary alicyclic amines) is 1. The summed E-state index contributed by atoms with van der Waals surface area (Å²) >= 11 is 0. The standard InChI is InChI=1S/C17H28N2O/c1-19-11-8-15(9-12-19)7-10-18-13-16-5-3-4-6-17(16)14-20-2/h3-6,15,18H,7-14H2,1-2H3. The van der Waals surface area contributed by atoms with Crippen LogP contribution in [0.3, 0.4) is 0 Å². The average Bonchev–Trinajstić information content (AvgIpc) is 2.47. The third-order valence-electron chi connectivity index (χ3n) is 4.30. The van der Waals surface area contributed by atoms with Crippen molar-refractivity contribution in [2.75, 3.05) is 33.8 Å². The molecule has 0 radical (unpaired) electrons. The highest BCUT2D eigenvalue weighted by Gasteiger charge is 2.15. The fourth-order valence-electron chi connectivity index (χ4n) is 2.91. The summed E-state index contributed by atoms with van der Waals surface area (Å²) in [6.45, 7) is 5.30. The van der Waals surface area contributed by atoms with Gasteiger partial charge in [0.25, 0.3) is 0 Å². The quantitative estimate of drug-likeness (QED) is 0.775. The van der Waals surface area contributed by atoms with E-state index in [2.05, 4.69) is 41.5 Å². The molecule has 1 heterocycles. The smallest absolute Gasteiger partial charge is 0.0716 e. The minimum atomic E-state index is 0.701. The summed E-state index contributed by atoms with van der Waals surface area (Å²) in [6, 6.07) is 8.53. The first-order valence-corrected chi connectivity index (χ1v) is 7.74. The molecule has 0 amide bonds. The Labute approximate surface area is 123 Å². The summed E-state index contributed by atoms with van der Waals surface area (Å²) < 4.78 is 5.25. The van der Waals surface area contributed by atoms with Crippen LogP contribution in [0.2, 0.25) is 0 Å². The first kappa shape index (κ1) is 15.5. The average molecular weight is 276 g/mol. The SMILES string of the molecule is COCc1ccccc1CNCCC1CCN(C)CC1. The number of piperidine rings is 1. The minimum absolute atomic E-state index is 0.701. The number of methoxy groups -OCH3 is 1. The lowest BCUT2D eigenvalue weighted by Crippen LogP contribution is -2.31. The largest absolute Gasteiger partial charge is 0.380 e. The zero-order chi connectivity index (χ0) is 14.2. The third kappa shape index (κ3) is 4.89. The van der Waals surface area contributed by atoms with Gasteiger partial charge in [0.15, 0.2) is 0 Å². The van der Waals surface area contributed by atoms with E-state index in [0.717, 1.165) is 19.0 Å². The second kappa shape index (κ2) is 8.40. The van der Waals surface area contributed by atoms with Gasteiger partial charge in [-0.15, -0.1) is 0 Å². The number of nitrogens with zero attached hydrogens (tertiary/aromatic N) is 1. The first-order chi connectivity index (χ1) is 9.79. The van der Waals surface area contributed by atoms with Crippen LogP contribution in [0.4, 0.5) is 0 Å². The van der Waals surface area contributed by atoms with Gasteiger partial charge in [0.05, 0.1) is 6.61 Å². The van der Waals surface area contributed by atoms with E-state index in [4.69, 9.17) is 4.74 Å². The molecule has 0 aromatic heterocycles. The molecule has 1 aliphatic rings. The topological polar surface area (TPSA) is 24.5 Å². The molecule has 1 N–H and O–H groups in total. The van der Waals surface area contributed by atoms with Gasteiger partial charge in [0.1, 0.15) is 0 Å². The first-order valence-electron chi connectivity index (χ1n) is 7.74. The van der Waals surface area contributed by atoms with Crippen molar-refractivity contribution >= 4 is 0 Å². The fraction of sp³-hybridized carbons (Fsp3) is 0.647. The van der Waals surface area contributed by atoms with Gasteiger partial charge in [-0.3, -0.25) is 0 Å². The Hall–Kier alpha value is -0.900. The van der Waals surface area contributed by atoms with Gasteiger partial charge in [0.2, 0.25) is 0 Å². The molecule has 1 aromatic carbocycles. The predicted octanol–water partition coefficient (Wildman–Crippen LogP) is 2.65. The maximum atomic E-state index is 5.25. The molecular weight excluding hydrogens is 248 g/mol. The molecule has 0 bridgehead atoms. The van der Waals surface area contributed by atoms with Crippen LogP contribution < -0.4 is 5.32 Å². The molecule has 1 saturated heterocycles. The number of rotatable bonds is 7. The van der Waals surface area contributed by atoms with Crippen molar-refractivity contribution in [1.29, 1.82) is 0 Å². The zero-order valence-corrected chi connectivity index (χ0v) is 12.9. The van der Waals surface area contributed by atoms with E-state index in [0.29, 0.717) is 6.61 Å². The lowest BCUT2D eigenvalue weighted by molar-refractivity contribution is 0.184. The van der Waals surface area contributed by atoms with Gasteiger partial charge < -0.3 is 15.0 Å². The Kier molecular flexibility index (Phi) is 6.51. The molecule has 0 atom stereocenters. The van der Waals surface area contributed by atoms with Gasteiger partial charge in [-0.2, -0.15) is 0 Å². The molecule has 1 aliphatic heterocycles. The van der Waals surface area contributed by atoms with Gasteiger partial charge in [-0.1, -0.05) is 24.3 Å². The third-order valence-corrected chi connectivity index (χ3v) is 4.30. The molecule has 0 spiro atoms. The highest BCUT2D eigenvalue weighted by Crippen LogP contribution is 2.18. The predicted molar refractivity (Wildman–Crippen MR) is 83.7 cm³/mol. The summed E-state index contributed by atoms with van der Waals surface area (Å²) in [5.74, 6) is 0.910. The molecule has 1 aromatic rings. The maximum absolute atomic E-state index is 5.25. The van der Waals surface area contributed by atoms with Crippen LogP contribution in [0.25, 0.3) is 0 Å². The highest BCUT2D eigenvalue weighted by molar-refractivity contribution is 5.26. The Bertz CT molecular complexity index is 386. The molecule has 0 saturated carbocycles. The van der Waals surface area contributed by atoms with E-state index in [1.54, 1.807) is 7.11 Å². The van der Waals surface area contributed by atoms with Crippen molar-refractivity contribution < 1.29 is 4.74 Å². The lowest BCUT2D eigenvalue weighted by Gasteiger charge is -2.28. The van der Waals surface area contributed by atoms with Crippen molar-refractivity contribution in [2.24, 2.45) is 5.92 Å². The number of hydrogen-bond donors (Lipinski definition) is 1. The summed E-state index contributed by atoms with van der Waals surface area (Å²) in [5.41, 5.74) is 2.65. The van der Waals surface area contributed by atoms with Gasteiger partial charge in [0, 0.05) is 13.7 Å². The molecule has 3 heteroatoms. The van der Waals surface area contributed by atoms with E-state index < -0.39 is 0 Å². The van der Waals surface area contributed by atoms with Crippen LogP contribution in [0, 0.1) is 5.92 Å². The van der Waals surface area contributed by atoms with Crippen LogP contribution in [0.5, 0.6) is 0 Å². The summed E-state index contributed by atoms with van der Waals surface area (Å²) in [7, 11) is 3.98. The van der Waals surface area contributed by atoms with Gasteiger partial charge in [-0.05, 0) is 63.0 Å². The normalized spacial score (nSPS) is 17.5. The Morgan fingerprint density at radius 1 is 1.20 bits per heavy atom. The van der Waals surface area contributed by atoms with Crippen molar-refractivity contribution in [3.05, 3.63) is 35.4 Å². The van der Waals surface area contributed by atoms with E-state index in [-0.39, 0.29) is 0 Å². The molecule has 112 valence electrons. The van der Waals surface area contributed by atoms with Crippen molar-refractivity contribution in [3.8, 4) is 0 Å². The van der Waals surface area contributed by atoms with E-state index in [1.807, 2.05) is 0 Å². The summed E-state index contributed by atoms with van der Waals surface area (Å²) in [6.07, 6.45) is 4.02. The van der Waals surface area contributed by atoms with Crippen molar-refractivity contribution in [2.45, 2.75) is 32.4 Å². The number of benzene rings is 1.